The third-order valence-electron chi connectivity index (χ3n) is 4.98. The first-order valence-electron chi connectivity index (χ1n) is 9.30. The molecule has 1 amide bonds. The van der Waals surface area contributed by atoms with E-state index in [4.69, 9.17) is 4.42 Å². The maximum atomic E-state index is 12.5. The number of hydrogen-bond acceptors (Lipinski definition) is 6. The van der Waals surface area contributed by atoms with E-state index in [9.17, 15) is 9.59 Å². The van der Waals surface area contributed by atoms with Crippen LogP contribution in [0, 0.1) is 0 Å². The van der Waals surface area contributed by atoms with Crippen molar-refractivity contribution >= 4 is 22.7 Å². The fraction of sp³-hybridized carbons (Fsp3) is 0.286. The van der Waals surface area contributed by atoms with Crippen molar-refractivity contribution in [3.63, 3.8) is 0 Å². The van der Waals surface area contributed by atoms with Crippen LogP contribution in [0.2, 0.25) is 0 Å². The molecule has 3 aromatic rings. The van der Waals surface area contributed by atoms with E-state index >= 15 is 0 Å². The van der Waals surface area contributed by atoms with E-state index in [1.54, 1.807) is 30.5 Å². The molecule has 0 bridgehead atoms. The first-order valence-corrected chi connectivity index (χ1v) is 9.30. The maximum Gasteiger partial charge on any atom is 0.349 e. The highest BCUT2D eigenvalue weighted by Gasteiger charge is 2.16. The molecule has 144 valence electrons. The molecule has 4 rings (SSSR count). The molecule has 0 unspecified atom stereocenters. The number of nitrogens with zero attached hydrogens (tertiary/aromatic N) is 3. The zero-order valence-corrected chi connectivity index (χ0v) is 15.7. The topological polar surface area (TPSA) is 78.7 Å². The lowest BCUT2D eigenvalue weighted by Crippen LogP contribution is -2.44. The van der Waals surface area contributed by atoms with E-state index in [1.165, 1.54) is 0 Å². The molecule has 0 radical (unpaired) electrons. The number of aromatic nitrogens is 1. The lowest BCUT2D eigenvalue weighted by molar-refractivity contribution is 0.0947. The number of carbonyl (C=O) groups is 1. The van der Waals surface area contributed by atoms with Gasteiger partial charge < -0.3 is 19.5 Å². The van der Waals surface area contributed by atoms with Crippen LogP contribution in [0.1, 0.15) is 15.9 Å². The number of benzene rings is 1. The van der Waals surface area contributed by atoms with Gasteiger partial charge in [-0.3, -0.25) is 4.79 Å². The average molecular weight is 378 g/mol. The molecule has 1 saturated heterocycles. The van der Waals surface area contributed by atoms with Crippen molar-refractivity contribution in [2.24, 2.45) is 0 Å². The molecule has 0 spiro atoms. The number of fused-ring (bicyclic) bond motifs is 1. The Bertz CT molecular complexity index is 1050. The fourth-order valence-electron chi connectivity index (χ4n) is 3.28. The van der Waals surface area contributed by atoms with Crippen molar-refractivity contribution in [2.45, 2.75) is 6.54 Å². The average Bonchev–Trinajstić information content (AvgIpc) is 2.72. The molecule has 1 N–H and O–H groups in total. The number of amides is 1. The summed E-state index contributed by atoms with van der Waals surface area (Å²) in [6.07, 6.45) is 1.75. The summed E-state index contributed by atoms with van der Waals surface area (Å²) in [5.74, 6) is 0.461. The summed E-state index contributed by atoms with van der Waals surface area (Å²) < 4.78 is 5.24. The maximum absolute atomic E-state index is 12.5. The Labute approximate surface area is 162 Å². The van der Waals surface area contributed by atoms with Gasteiger partial charge >= 0.3 is 5.63 Å². The van der Waals surface area contributed by atoms with Gasteiger partial charge in [-0.05, 0) is 36.9 Å². The number of carbonyl (C=O) groups excluding carboxylic acids is 1. The van der Waals surface area contributed by atoms with Crippen molar-refractivity contribution < 1.29 is 9.21 Å². The Morgan fingerprint density at radius 1 is 1.14 bits per heavy atom. The first-order chi connectivity index (χ1) is 13.6. The number of piperazine rings is 1. The Balaban J connectivity index is 1.46. The van der Waals surface area contributed by atoms with Gasteiger partial charge in [-0.15, -0.1) is 0 Å². The van der Waals surface area contributed by atoms with Crippen molar-refractivity contribution in [1.82, 2.24) is 15.2 Å². The van der Waals surface area contributed by atoms with Gasteiger partial charge in [0.25, 0.3) is 5.91 Å². The van der Waals surface area contributed by atoms with E-state index in [2.05, 4.69) is 27.1 Å². The molecular formula is C21H22N4O3. The minimum Gasteiger partial charge on any atom is -0.422 e. The number of rotatable bonds is 4. The second kappa shape index (κ2) is 7.82. The molecule has 7 nitrogen and oxygen atoms in total. The van der Waals surface area contributed by atoms with Crippen LogP contribution in [-0.2, 0) is 6.54 Å². The van der Waals surface area contributed by atoms with Crippen LogP contribution < -0.4 is 15.8 Å². The quantitative estimate of drug-likeness (QED) is 0.699. The van der Waals surface area contributed by atoms with Gasteiger partial charge in [0.05, 0.1) is 0 Å². The van der Waals surface area contributed by atoms with Crippen LogP contribution in [0.15, 0.2) is 57.9 Å². The second-order valence-electron chi connectivity index (χ2n) is 6.98. The zero-order chi connectivity index (χ0) is 19.5. The van der Waals surface area contributed by atoms with Gasteiger partial charge in [0.1, 0.15) is 17.0 Å². The third-order valence-corrected chi connectivity index (χ3v) is 4.98. The van der Waals surface area contributed by atoms with Crippen LogP contribution in [0.3, 0.4) is 0 Å². The monoisotopic (exact) mass is 378 g/mol. The minimum absolute atomic E-state index is 0.00653. The number of likely N-dealkylation sites (N-methyl/N-ethyl adjacent to an activating group) is 1. The lowest BCUT2D eigenvalue weighted by Gasteiger charge is -2.33. The van der Waals surface area contributed by atoms with Gasteiger partial charge in [-0.2, -0.15) is 0 Å². The largest absolute Gasteiger partial charge is 0.422 e. The van der Waals surface area contributed by atoms with E-state index in [-0.39, 0.29) is 5.56 Å². The van der Waals surface area contributed by atoms with Gasteiger partial charge in [0.15, 0.2) is 0 Å². The predicted octanol–water partition coefficient (Wildman–Crippen LogP) is 1.87. The molecule has 2 aromatic heterocycles. The van der Waals surface area contributed by atoms with Crippen molar-refractivity contribution in [2.75, 3.05) is 38.1 Å². The number of anilines is 1. The number of para-hydroxylation sites is 1. The van der Waals surface area contributed by atoms with Crippen molar-refractivity contribution in [3.05, 3.63) is 70.2 Å². The molecule has 1 fully saturated rings. The summed E-state index contributed by atoms with van der Waals surface area (Å²) in [5, 5.41) is 3.52. The third kappa shape index (κ3) is 3.89. The zero-order valence-electron chi connectivity index (χ0n) is 15.7. The molecule has 0 aliphatic carbocycles. The Morgan fingerprint density at radius 3 is 2.75 bits per heavy atom. The summed E-state index contributed by atoms with van der Waals surface area (Å²) in [5.41, 5.74) is 0.772. The SMILES string of the molecule is CN1CCN(c2cc(CNC(=O)c3cc4ccccc4oc3=O)ccn2)CC1. The first kappa shape index (κ1) is 18.2. The summed E-state index contributed by atoms with van der Waals surface area (Å²) in [4.78, 5) is 33.6. The van der Waals surface area contributed by atoms with Crippen LogP contribution in [0.5, 0.6) is 0 Å². The summed E-state index contributed by atoms with van der Waals surface area (Å²) in [7, 11) is 2.11. The van der Waals surface area contributed by atoms with Gasteiger partial charge in [0, 0.05) is 44.3 Å². The number of pyridine rings is 1. The molecule has 28 heavy (non-hydrogen) atoms. The van der Waals surface area contributed by atoms with Gasteiger partial charge in [-0.25, -0.2) is 9.78 Å². The second-order valence-corrected chi connectivity index (χ2v) is 6.98. The minimum atomic E-state index is -0.635. The Hall–Kier alpha value is -3.19. The van der Waals surface area contributed by atoms with E-state index in [0.29, 0.717) is 17.5 Å². The summed E-state index contributed by atoms with van der Waals surface area (Å²) in [6, 6.07) is 12.5. The highest BCUT2D eigenvalue weighted by Crippen LogP contribution is 2.15. The summed E-state index contributed by atoms with van der Waals surface area (Å²) >= 11 is 0. The predicted molar refractivity (Wildman–Crippen MR) is 108 cm³/mol. The van der Waals surface area contributed by atoms with Crippen LogP contribution >= 0.6 is 0 Å². The van der Waals surface area contributed by atoms with Crippen LogP contribution in [0.4, 0.5) is 5.82 Å². The highest BCUT2D eigenvalue weighted by atomic mass is 16.4. The summed E-state index contributed by atoms with van der Waals surface area (Å²) in [6.45, 7) is 4.17. The van der Waals surface area contributed by atoms with E-state index in [0.717, 1.165) is 37.6 Å². The van der Waals surface area contributed by atoms with Crippen LogP contribution in [0.25, 0.3) is 11.0 Å². The van der Waals surface area contributed by atoms with E-state index in [1.807, 2.05) is 18.2 Å². The van der Waals surface area contributed by atoms with Gasteiger partial charge in [0.2, 0.25) is 0 Å². The molecule has 7 heteroatoms. The normalized spacial score (nSPS) is 15.0. The van der Waals surface area contributed by atoms with Gasteiger partial charge in [-0.1, -0.05) is 18.2 Å². The Morgan fingerprint density at radius 2 is 1.93 bits per heavy atom. The van der Waals surface area contributed by atoms with Crippen molar-refractivity contribution in [3.8, 4) is 0 Å². The van der Waals surface area contributed by atoms with Crippen molar-refractivity contribution in [1.29, 1.82) is 0 Å². The molecule has 1 aromatic carbocycles. The lowest BCUT2D eigenvalue weighted by atomic mass is 10.1. The Kier molecular flexibility index (Phi) is 5.08. The number of hydrogen-bond donors (Lipinski definition) is 1. The molecule has 1 aliphatic rings. The van der Waals surface area contributed by atoms with Crippen LogP contribution in [-0.4, -0.2) is 49.0 Å². The highest BCUT2D eigenvalue weighted by molar-refractivity contribution is 5.96. The fourth-order valence-corrected chi connectivity index (χ4v) is 3.28. The van der Waals surface area contributed by atoms with E-state index < -0.39 is 11.5 Å². The molecule has 3 heterocycles. The standard InChI is InChI=1S/C21H22N4O3/c1-24-8-10-25(11-9-24)19-12-15(6-7-22-19)14-23-20(26)17-13-16-4-2-3-5-18(16)28-21(17)27/h2-7,12-13H,8-11,14H2,1H3,(H,23,26). The molecule has 0 atom stereocenters. The number of nitrogens with one attached hydrogen (secondary N) is 1. The molecular weight excluding hydrogens is 356 g/mol. The molecule has 0 saturated carbocycles. The molecule has 1 aliphatic heterocycles. The smallest absolute Gasteiger partial charge is 0.349 e.